The van der Waals surface area contributed by atoms with Crippen molar-refractivity contribution in [2.45, 2.75) is 17.7 Å². The molecule has 0 radical (unpaired) electrons. The number of aromatic nitrogens is 1. The van der Waals surface area contributed by atoms with Crippen LogP contribution in [0.2, 0.25) is 0 Å². The van der Waals surface area contributed by atoms with Crippen molar-refractivity contribution in [3.63, 3.8) is 0 Å². The fraction of sp³-hybridized carbons (Fsp3) is 0.294. The molecule has 0 spiro atoms. The minimum Gasteiger partial charge on any atom is -0.345 e. The summed E-state index contributed by atoms with van der Waals surface area (Å²) in [5.41, 5.74) is 1.48. The Morgan fingerprint density at radius 1 is 1.23 bits per heavy atom. The van der Waals surface area contributed by atoms with Crippen molar-refractivity contribution in [3.05, 3.63) is 42.2 Å². The molecule has 0 unspecified atom stereocenters. The van der Waals surface area contributed by atoms with E-state index < -0.39 is 15.9 Å². The predicted octanol–water partition coefficient (Wildman–Crippen LogP) is 1.31. The molecular formula is C17H20N4O4S. The lowest BCUT2D eigenvalue weighted by Gasteiger charge is -2.16. The van der Waals surface area contributed by atoms with Gasteiger partial charge in [0.05, 0.1) is 0 Å². The first kappa shape index (κ1) is 18.2. The van der Waals surface area contributed by atoms with E-state index in [4.69, 9.17) is 0 Å². The number of hydrogen-bond acceptors (Lipinski definition) is 4. The highest BCUT2D eigenvalue weighted by Crippen LogP contribution is 2.24. The van der Waals surface area contributed by atoms with Crippen LogP contribution < -0.4 is 14.9 Å². The molecule has 1 aromatic heterocycles. The highest BCUT2D eigenvalue weighted by atomic mass is 32.2. The van der Waals surface area contributed by atoms with Crippen LogP contribution in [0.4, 0.5) is 11.4 Å². The summed E-state index contributed by atoms with van der Waals surface area (Å²) in [6.45, 7) is 0.666. The molecule has 1 fully saturated rings. The lowest BCUT2D eigenvalue weighted by atomic mass is 10.2. The largest absolute Gasteiger partial charge is 0.345 e. The Hall–Kier alpha value is -2.65. The van der Waals surface area contributed by atoms with E-state index >= 15 is 0 Å². The normalized spacial score (nSPS) is 14.7. The molecular weight excluding hydrogens is 356 g/mol. The third-order valence-corrected chi connectivity index (χ3v) is 5.66. The average Bonchev–Trinajstić information content (AvgIpc) is 3.21. The lowest BCUT2D eigenvalue weighted by molar-refractivity contribution is -0.117. The van der Waals surface area contributed by atoms with Gasteiger partial charge in [-0.2, -0.15) is 0 Å². The van der Waals surface area contributed by atoms with Crippen molar-refractivity contribution in [3.8, 4) is 0 Å². The number of sulfonamides is 1. The van der Waals surface area contributed by atoms with Crippen molar-refractivity contribution in [2.24, 2.45) is 7.05 Å². The van der Waals surface area contributed by atoms with Crippen LogP contribution in [-0.4, -0.2) is 38.4 Å². The summed E-state index contributed by atoms with van der Waals surface area (Å²) in [5.74, 6) is -0.368. The molecule has 2 aromatic rings. The Labute approximate surface area is 151 Å². The van der Waals surface area contributed by atoms with Gasteiger partial charge in [-0.05, 0) is 37.7 Å². The Kier molecular flexibility index (Phi) is 4.84. The van der Waals surface area contributed by atoms with Crippen molar-refractivity contribution < 1.29 is 18.0 Å². The summed E-state index contributed by atoms with van der Waals surface area (Å²) in [6.07, 6.45) is 2.73. The van der Waals surface area contributed by atoms with Gasteiger partial charge >= 0.3 is 0 Å². The van der Waals surface area contributed by atoms with E-state index in [1.807, 2.05) is 6.07 Å². The average molecular weight is 376 g/mol. The molecule has 138 valence electrons. The van der Waals surface area contributed by atoms with Gasteiger partial charge in [0.2, 0.25) is 15.9 Å². The van der Waals surface area contributed by atoms with Crippen LogP contribution >= 0.6 is 0 Å². The van der Waals surface area contributed by atoms with Gasteiger partial charge in [0.15, 0.2) is 0 Å². The number of benzene rings is 1. The Morgan fingerprint density at radius 2 is 2.00 bits per heavy atom. The molecule has 1 aliphatic heterocycles. The zero-order chi connectivity index (χ0) is 18.9. The van der Waals surface area contributed by atoms with Gasteiger partial charge in [0.25, 0.3) is 5.91 Å². The van der Waals surface area contributed by atoms with Crippen molar-refractivity contribution in [1.82, 2.24) is 9.29 Å². The van der Waals surface area contributed by atoms with Gasteiger partial charge in [0.1, 0.15) is 10.6 Å². The van der Waals surface area contributed by atoms with Gasteiger partial charge in [0, 0.05) is 37.6 Å². The first-order valence-electron chi connectivity index (χ1n) is 8.13. The molecule has 1 aromatic carbocycles. The Bertz CT molecular complexity index is 965. The van der Waals surface area contributed by atoms with E-state index in [9.17, 15) is 18.0 Å². The summed E-state index contributed by atoms with van der Waals surface area (Å²) in [6, 6.07) is 8.35. The smallest absolute Gasteiger partial charge is 0.272 e. The summed E-state index contributed by atoms with van der Waals surface area (Å²) < 4.78 is 27.4. The van der Waals surface area contributed by atoms with Crippen molar-refractivity contribution in [1.29, 1.82) is 0 Å². The number of carbonyl (C=O) groups excluding carboxylic acids is 2. The number of carbonyl (C=O) groups is 2. The highest BCUT2D eigenvalue weighted by Gasteiger charge is 2.22. The fourth-order valence-electron chi connectivity index (χ4n) is 2.89. The number of nitrogens with zero attached hydrogens (tertiary/aromatic N) is 2. The van der Waals surface area contributed by atoms with E-state index in [2.05, 4.69) is 10.0 Å². The minimum atomic E-state index is -3.63. The molecule has 0 atom stereocenters. The van der Waals surface area contributed by atoms with E-state index in [1.165, 1.54) is 23.9 Å². The third kappa shape index (κ3) is 3.49. The zero-order valence-corrected chi connectivity index (χ0v) is 15.3. The van der Waals surface area contributed by atoms with E-state index in [0.717, 1.165) is 12.1 Å². The second-order valence-corrected chi connectivity index (χ2v) is 7.92. The second-order valence-electron chi connectivity index (χ2n) is 6.03. The molecule has 26 heavy (non-hydrogen) atoms. The van der Waals surface area contributed by atoms with E-state index in [0.29, 0.717) is 18.7 Å². The highest BCUT2D eigenvalue weighted by molar-refractivity contribution is 7.89. The maximum absolute atomic E-state index is 12.5. The number of aryl methyl sites for hydroxylation is 1. The van der Waals surface area contributed by atoms with Crippen LogP contribution in [-0.2, 0) is 21.9 Å². The summed E-state index contributed by atoms with van der Waals surface area (Å²) >= 11 is 0. The van der Waals surface area contributed by atoms with Gasteiger partial charge < -0.3 is 14.8 Å². The summed E-state index contributed by atoms with van der Waals surface area (Å²) in [4.78, 5) is 26.1. The van der Waals surface area contributed by atoms with Crippen LogP contribution in [0, 0.1) is 0 Å². The third-order valence-electron chi connectivity index (χ3n) is 4.28. The predicted molar refractivity (Wildman–Crippen MR) is 97.6 cm³/mol. The van der Waals surface area contributed by atoms with Gasteiger partial charge in [-0.15, -0.1) is 0 Å². The first-order valence-corrected chi connectivity index (χ1v) is 9.62. The number of rotatable bonds is 5. The molecule has 0 saturated carbocycles. The quantitative estimate of drug-likeness (QED) is 0.822. The molecule has 2 amide bonds. The van der Waals surface area contributed by atoms with Crippen LogP contribution in [0.25, 0.3) is 0 Å². The molecule has 9 heteroatoms. The van der Waals surface area contributed by atoms with Crippen molar-refractivity contribution >= 4 is 33.2 Å². The SMILES string of the molecule is CNS(=O)(=O)c1cc(C(=O)Nc2cccc(N3CCCC3=O)c2)n(C)c1. The minimum absolute atomic E-state index is 0.0177. The van der Waals surface area contributed by atoms with E-state index in [-0.39, 0.29) is 16.5 Å². The van der Waals surface area contributed by atoms with Crippen molar-refractivity contribution in [2.75, 3.05) is 23.8 Å². The Morgan fingerprint density at radius 3 is 2.65 bits per heavy atom. The molecule has 8 nitrogen and oxygen atoms in total. The molecule has 2 heterocycles. The van der Waals surface area contributed by atoms with Crippen LogP contribution in [0.3, 0.4) is 0 Å². The number of nitrogens with one attached hydrogen (secondary N) is 2. The lowest BCUT2D eigenvalue weighted by Crippen LogP contribution is -2.23. The van der Waals surface area contributed by atoms with Crippen LogP contribution in [0.5, 0.6) is 0 Å². The van der Waals surface area contributed by atoms with Crippen LogP contribution in [0.1, 0.15) is 23.3 Å². The summed E-state index contributed by atoms with van der Waals surface area (Å²) in [5, 5.41) is 2.75. The van der Waals surface area contributed by atoms with Crippen LogP contribution in [0.15, 0.2) is 41.4 Å². The standard InChI is InChI=1S/C17H20N4O4S/c1-18-26(24,25)14-10-15(20(2)11-14)17(23)19-12-5-3-6-13(9-12)21-8-4-7-16(21)22/h3,5-6,9-11,18H,4,7-8H2,1-2H3,(H,19,23). The Balaban J connectivity index is 1.82. The maximum atomic E-state index is 12.5. The molecule has 3 rings (SSSR count). The van der Waals surface area contributed by atoms with Gasteiger partial charge in [-0.25, -0.2) is 13.1 Å². The first-order chi connectivity index (χ1) is 12.3. The summed E-state index contributed by atoms with van der Waals surface area (Å²) in [7, 11) is -0.712. The number of hydrogen-bond donors (Lipinski definition) is 2. The van der Waals surface area contributed by atoms with Gasteiger partial charge in [-0.1, -0.05) is 6.07 Å². The molecule has 0 aliphatic carbocycles. The van der Waals surface area contributed by atoms with Gasteiger partial charge in [-0.3, -0.25) is 9.59 Å². The van der Waals surface area contributed by atoms with E-state index in [1.54, 1.807) is 30.1 Å². The molecule has 0 bridgehead atoms. The molecule has 1 aliphatic rings. The molecule has 2 N–H and O–H groups in total. The molecule has 1 saturated heterocycles. The second kappa shape index (κ2) is 6.93. The number of amides is 2. The maximum Gasteiger partial charge on any atom is 0.272 e. The zero-order valence-electron chi connectivity index (χ0n) is 14.5. The number of anilines is 2. The fourth-order valence-corrected chi connectivity index (χ4v) is 3.69. The monoisotopic (exact) mass is 376 g/mol. The topological polar surface area (TPSA) is 101 Å².